The third kappa shape index (κ3) is 7.27. The number of hydrogen-bond acceptors (Lipinski definition) is 4. The van der Waals surface area contributed by atoms with E-state index < -0.39 is 36.9 Å². The van der Waals surface area contributed by atoms with Crippen molar-refractivity contribution in [2.45, 2.75) is 12.5 Å². The molecule has 6 nitrogen and oxygen atoms in total. The molecule has 0 aliphatic heterocycles. The molecule has 0 aliphatic rings. The first-order valence-corrected chi connectivity index (χ1v) is 8.45. The molecule has 1 atom stereocenters. The summed E-state index contributed by atoms with van der Waals surface area (Å²) in [5.41, 5.74) is 0.832. The van der Waals surface area contributed by atoms with E-state index in [4.69, 9.17) is 4.74 Å². The molecule has 0 saturated heterocycles. The summed E-state index contributed by atoms with van der Waals surface area (Å²) in [5, 5.41) is 4.95. The van der Waals surface area contributed by atoms with Crippen molar-refractivity contribution in [1.29, 1.82) is 0 Å². The van der Waals surface area contributed by atoms with Crippen LogP contribution in [0.3, 0.4) is 0 Å². The normalized spacial score (nSPS) is 11.3. The summed E-state index contributed by atoms with van der Waals surface area (Å²) in [5.74, 6) is -1.24. The predicted molar refractivity (Wildman–Crippen MR) is 98.0 cm³/mol. The first-order valence-electron chi connectivity index (χ1n) is 8.45. The number of carbonyl (C=O) groups is 3. The number of alkyl halides is 1. The van der Waals surface area contributed by atoms with E-state index in [2.05, 4.69) is 10.6 Å². The lowest BCUT2D eigenvalue weighted by Crippen LogP contribution is -2.50. The van der Waals surface area contributed by atoms with Crippen molar-refractivity contribution in [3.05, 3.63) is 66.2 Å². The molecule has 0 fully saturated rings. The minimum absolute atomic E-state index is 0.230. The molecule has 2 rings (SSSR count). The fourth-order valence-corrected chi connectivity index (χ4v) is 2.32. The second-order valence-electron chi connectivity index (χ2n) is 5.80. The van der Waals surface area contributed by atoms with E-state index in [1.807, 2.05) is 36.4 Å². The largest absolute Gasteiger partial charge is 0.484 e. The summed E-state index contributed by atoms with van der Waals surface area (Å²) in [4.78, 5) is 35.6. The third-order valence-electron chi connectivity index (χ3n) is 3.66. The highest BCUT2D eigenvalue weighted by Crippen LogP contribution is 2.08. The number of rotatable bonds is 10. The third-order valence-corrected chi connectivity index (χ3v) is 3.66. The summed E-state index contributed by atoms with van der Waals surface area (Å²) in [7, 11) is 0. The highest BCUT2D eigenvalue weighted by atomic mass is 19.1. The lowest BCUT2D eigenvalue weighted by Gasteiger charge is -2.18. The Morgan fingerprint density at radius 2 is 1.59 bits per heavy atom. The molecule has 0 saturated carbocycles. The van der Waals surface area contributed by atoms with Crippen molar-refractivity contribution in [2.24, 2.45) is 0 Å². The molecular weight excluding hydrogens is 351 g/mol. The number of benzene rings is 2. The zero-order chi connectivity index (χ0) is 19.5. The molecule has 2 N–H and O–H groups in total. The molecule has 2 aromatic rings. The van der Waals surface area contributed by atoms with Crippen LogP contribution in [0.4, 0.5) is 4.39 Å². The molecule has 0 bridgehead atoms. The Kier molecular flexibility index (Phi) is 7.96. The van der Waals surface area contributed by atoms with Crippen molar-refractivity contribution in [1.82, 2.24) is 10.6 Å². The Labute approximate surface area is 156 Å². The summed E-state index contributed by atoms with van der Waals surface area (Å²) >= 11 is 0. The molecule has 0 aromatic heterocycles. The molecule has 0 unspecified atom stereocenters. The molecule has 2 aromatic carbocycles. The van der Waals surface area contributed by atoms with Crippen LogP contribution in [0, 0.1) is 0 Å². The lowest BCUT2D eigenvalue weighted by molar-refractivity contribution is -0.130. The van der Waals surface area contributed by atoms with Gasteiger partial charge in [-0.05, 0) is 17.7 Å². The summed E-state index contributed by atoms with van der Waals surface area (Å²) in [6.07, 6.45) is 0.230. The van der Waals surface area contributed by atoms with Gasteiger partial charge in [0.2, 0.25) is 5.91 Å². The number of nitrogens with one attached hydrogen (secondary N) is 2. The molecule has 0 radical (unpaired) electrons. The van der Waals surface area contributed by atoms with E-state index >= 15 is 0 Å². The monoisotopic (exact) mass is 372 g/mol. The first kappa shape index (κ1) is 20.1. The topological polar surface area (TPSA) is 84.5 Å². The van der Waals surface area contributed by atoms with Crippen LogP contribution in [-0.4, -0.2) is 43.5 Å². The average Bonchev–Trinajstić information content (AvgIpc) is 2.71. The highest BCUT2D eigenvalue weighted by molar-refractivity contribution is 5.91. The van der Waals surface area contributed by atoms with Gasteiger partial charge in [0.15, 0.2) is 12.4 Å². The van der Waals surface area contributed by atoms with Crippen LogP contribution in [0.5, 0.6) is 5.75 Å². The Hall–Kier alpha value is -3.22. The van der Waals surface area contributed by atoms with Crippen molar-refractivity contribution in [3.8, 4) is 5.75 Å². The Balaban J connectivity index is 1.96. The van der Waals surface area contributed by atoms with Crippen molar-refractivity contribution >= 4 is 17.6 Å². The smallest absolute Gasteiger partial charge is 0.258 e. The number of para-hydroxylation sites is 1. The maximum atomic E-state index is 12.3. The van der Waals surface area contributed by atoms with Gasteiger partial charge in [0.05, 0.1) is 6.54 Å². The highest BCUT2D eigenvalue weighted by Gasteiger charge is 2.22. The number of Topliss-reactive ketones (excluding diaryl/α,β-unsaturated/α-hetero) is 1. The first-order chi connectivity index (χ1) is 13.1. The van der Waals surface area contributed by atoms with E-state index in [0.29, 0.717) is 5.75 Å². The maximum absolute atomic E-state index is 12.3. The number of carbonyl (C=O) groups excluding carboxylic acids is 3. The van der Waals surface area contributed by atoms with Crippen molar-refractivity contribution in [2.75, 3.05) is 19.8 Å². The van der Waals surface area contributed by atoms with Gasteiger partial charge in [-0.25, -0.2) is 4.39 Å². The SMILES string of the molecule is O=C(CF)CNC(=O)[C@H](Cc1ccccc1)NC(=O)COc1ccccc1. The molecule has 0 heterocycles. The minimum atomic E-state index is -1.15. The molecule has 27 heavy (non-hydrogen) atoms. The molecular formula is C20H21FN2O4. The Morgan fingerprint density at radius 3 is 2.22 bits per heavy atom. The zero-order valence-corrected chi connectivity index (χ0v) is 14.7. The van der Waals surface area contributed by atoms with Gasteiger partial charge in [0.1, 0.15) is 18.5 Å². The molecule has 0 spiro atoms. The average molecular weight is 372 g/mol. The van der Waals surface area contributed by atoms with Gasteiger partial charge in [-0.15, -0.1) is 0 Å². The van der Waals surface area contributed by atoms with Gasteiger partial charge in [-0.2, -0.15) is 0 Å². The lowest BCUT2D eigenvalue weighted by atomic mass is 10.1. The molecule has 7 heteroatoms. The van der Waals surface area contributed by atoms with E-state index in [-0.39, 0.29) is 13.0 Å². The van der Waals surface area contributed by atoms with E-state index in [9.17, 15) is 18.8 Å². The van der Waals surface area contributed by atoms with Crippen LogP contribution < -0.4 is 15.4 Å². The Morgan fingerprint density at radius 1 is 0.963 bits per heavy atom. The minimum Gasteiger partial charge on any atom is -0.484 e. The van der Waals surface area contributed by atoms with Crippen molar-refractivity contribution in [3.63, 3.8) is 0 Å². The second-order valence-corrected chi connectivity index (χ2v) is 5.80. The van der Waals surface area contributed by atoms with Crippen molar-refractivity contribution < 1.29 is 23.5 Å². The number of amides is 2. The van der Waals surface area contributed by atoms with Gasteiger partial charge >= 0.3 is 0 Å². The summed E-state index contributed by atoms with van der Waals surface area (Å²) in [6, 6.07) is 17.0. The van der Waals surface area contributed by atoms with Gasteiger partial charge in [-0.3, -0.25) is 14.4 Å². The van der Waals surface area contributed by atoms with Crippen LogP contribution in [0.1, 0.15) is 5.56 Å². The number of halogens is 1. The predicted octanol–water partition coefficient (Wildman–Crippen LogP) is 1.45. The van der Waals surface area contributed by atoms with Crippen LogP contribution in [0.25, 0.3) is 0 Å². The maximum Gasteiger partial charge on any atom is 0.258 e. The van der Waals surface area contributed by atoms with Gasteiger partial charge < -0.3 is 15.4 Å². The van der Waals surface area contributed by atoms with Gasteiger partial charge in [-0.1, -0.05) is 48.5 Å². The van der Waals surface area contributed by atoms with Crippen LogP contribution >= 0.6 is 0 Å². The van der Waals surface area contributed by atoms with E-state index in [1.54, 1.807) is 24.3 Å². The van der Waals surface area contributed by atoms with Gasteiger partial charge in [0, 0.05) is 6.42 Å². The molecule has 2 amide bonds. The van der Waals surface area contributed by atoms with E-state index in [0.717, 1.165) is 5.56 Å². The zero-order valence-electron chi connectivity index (χ0n) is 14.7. The summed E-state index contributed by atoms with van der Waals surface area (Å²) in [6.45, 7) is -1.83. The van der Waals surface area contributed by atoms with Crippen LogP contribution in [-0.2, 0) is 20.8 Å². The number of ether oxygens (including phenoxy) is 1. The summed E-state index contributed by atoms with van der Waals surface area (Å²) < 4.78 is 17.6. The van der Waals surface area contributed by atoms with E-state index in [1.165, 1.54) is 0 Å². The Bertz CT molecular complexity index is 753. The molecule has 142 valence electrons. The van der Waals surface area contributed by atoms with Gasteiger partial charge in [0.25, 0.3) is 5.91 Å². The standard InChI is InChI=1S/C20H21FN2O4/c21-12-16(24)13-22-20(26)18(11-15-7-3-1-4-8-15)23-19(25)14-27-17-9-5-2-6-10-17/h1-10,18H,11-14H2,(H,22,26)(H,23,25)/t18-/m0/s1. The van der Waals surface area contributed by atoms with Crippen LogP contribution in [0.2, 0.25) is 0 Å². The number of ketones is 1. The van der Waals surface area contributed by atoms with Crippen LogP contribution in [0.15, 0.2) is 60.7 Å². The quantitative estimate of drug-likeness (QED) is 0.661. The molecule has 0 aliphatic carbocycles. The fraction of sp³-hybridized carbons (Fsp3) is 0.250. The fourth-order valence-electron chi connectivity index (χ4n) is 2.32. The second kappa shape index (κ2) is 10.7. The number of hydrogen-bond donors (Lipinski definition) is 2.